The SMILES string of the molecule is CC(C)C[C@H]1C(=O)N(CC(=O)OCc2ccccc2)N=C(c2ccccc2)N1CC(=O)OCc1ccccc1. The maximum absolute atomic E-state index is 13.6. The summed E-state index contributed by atoms with van der Waals surface area (Å²) < 4.78 is 10.9. The molecule has 1 aliphatic heterocycles. The van der Waals surface area contributed by atoms with Crippen LogP contribution >= 0.6 is 0 Å². The van der Waals surface area contributed by atoms with Crippen LogP contribution in [-0.4, -0.2) is 52.7 Å². The van der Waals surface area contributed by atoms with Gasteiger partial charge in [0.15, 0.2) is 5.84 Å². The Labute approximate surface area is 228 Å². The Morgan fingerprint density at radius 2 is 1.26 bits per heavy atom. The third-order valence-corrected chi connectivity index (χ3v) is 6.19. The van der Waals surface area contributed by atoms with Gasteiger partial charge in [-0.2, -0.15) is 5.10 Å². The van der Waals surface area contributed by atoms with E-state index in [9.17, 15) is 14.4 Å². The van der Waals surface area contributed by atoms with Crippen molar-refractivity contribution in [1.82, 2.24) is 9.91 Å². The molecule has 0 fully saturated rings. The maximum atomic E-state index is 13.6. The lowest BCUT2D eigenvalue weighted by Crippen LogP contribution is -2.57. The first-order valence-corrected chi connectivity index (χ1v) is 13.0. The molecule has 0 radical (unpaired) electrons. The minimum Gasteiger partial charge on any atom is -0.459 e. The second-order valence-corrected chi connectivity index (χ2v) is 9.75. The van der Waals surface area contributed by atoms with Gasteiger partial charge in [-0.15, -0.1) is 0 Å². The van der Waals surface area contributed by atoms with Crippen molar-refractivity contribution in [3.63, 3.8) is 0 Å². The highest BCUT2D eigenvalue weighted by atomic mass is 16.5. The standard InChI is InChI=1S/C31H33N3O5/c1-23(2)18-27-31(37)34(20-29(36)39-22-25-14-8-4-9-15-25)32-30(26-16-10-5-11-17-26)33(27)19-28(35)38-21-24-12-6-3-7-13-24/h3-17,23,27H,18-22H2,1-2H3/t27-/m0/s1. The monoisotopic (exact) mass is 527 g/mol. The van der Waals surface area contributed by atoms with Gasteiger partial charge in [-0.05, 0) is 23.5 Å². The molecule has 1 heterocycles. The number of rotatable bonds is 11. The fraction of sp³-hybridized carbons (Fsp3) is 0.290. The van der Waals surface area contributed by atoms with Gasteiger partial charge >= 0.3 is 11.9 Å². The number of amides is 1. The molecule has 0 N–H and O–H groups in total. The van der Waals surface area contributed by atoms with E-state index in [2.05, 4.69) is 5.10 Å². The number of hydrazone groups is 1. The molecule has 39 heavy (non-hydrogen) atoms. The van der Waals surface area contributed by atoms with Crippen LogP contribution in [0.5, 0.6) is 0 Å². The summed E-state index contributed by atoms with van der Waals surface area (Å²) in [5.74, 6) is -0.838. The highest BCUT2D eigenvalue weighted by Crippen LogP contribution is 2.23. The van der Waals surface area contributed by atoms with Crippen LogP contribution < -0.4 is 0 Å². The fourth-order valence-corrected chi connectivity index (χ4v) is 4.29. The lowest BCUT2D eigenvalue weighted by atomic mass is 9.99. The minimum absolute atomic E-state index is 0.103. The molecular formula is C31H33N3O5. The molecule has 8 nitrogen and oxygen atoms in total. The van der Waals surface area contributed by atoms with Crippen LogP contribution in [-0.2, 0) is 37.1 Å². The number of hydrogen-bond donors (Lipinski definition) is 0. The van der Waals surface area contributed by atoms with Crippen molar-refractivity contribution in [2.24, 2.45) is 11.0 Å². The second-order valence-electron chi connectivity index (χ2n) is 9.75. The van der Waals surface area contributed by atoms with Crippen LogP contribution in [0.4, 0.5) is 0 Å². The van der Waals surface area contributed by atoms with E-state index in [0.717, 1.165) is 21.7 Å². The predicted molar refractivity (Wildman–Crippen MR) is 147 cm³/mol. The number of esters is 2. The molecule has 202 valence electrons. The van der Waals surface area contributed by atoms with Crippen molar-refractivity contribution in [1.29, 1.82) is 0 Å². The average molecular weight is 528 g/mol. The van der Waals surface area contributed by atoms with Crippen molar-refractivity contribution in [3.05, 3.63) is 108 Å². The van der Waals surface area contributed by atoms with Crippen molar-refractivity contribution < 1.29 is 23.9 Å². The summed E-state index contributed by atoms with van der Waals surface area (Å²) in [5.41, 5.74) is 2.44. The molecule has 0 spiro atoms. The Hall–Kier alpha value is -4.46. The van der Waals surface area contributed by atoms with Gasteiger partial charge in [-0.1, -0.05) is 105 Å². The number of benzene rings is 3. The normalized spacial score (nSPS) is 15.2. The Kier molecular flexibility index (Phi) is 9.45. The third-order valence-electron chi connectivity index (χ3n) is 6.19. The summed E-state index contributed by atoms with van der Waals surface area (Å²) in [6, 6.07) is 27.3. The summed E-state index contributed by atoms with van der Waals surface area (Å²) in [4.78, 5) is 41.0. The molecular weight excluding hydrogens is 494 g/mol. The lowest BCUT2D eigenvalue weighted by molar-refractivity contribution is -0.154. The van der Waals surface area contributed by atoms with Gasteiger partial charge in [0.1, 0.15) is 32.3 Å². The number of ether oxygens (including phenoxy) is 2. The molecule has 1 amide bonds. The topological polar surface area (TPSA) is 88.5 Å². The van der Waals surface area contributed by atoms with Crippen LogP contribution in [0.25, 0.3) is 0 Å². The first-order chi connectivity index (χ1) is 18.9. The molecule has 3 aromatic carbocycles. The Morgan fingerprint density at radius 3 is 1.77 bits per heavy atom. The number of carbonyl (C=O) groups is 3. The molecule has 1 aliphatic rings. The van der Waals surface area contributed by atoms with Crippen LogP contribution in [0.2, 0.25) is 0 Å². The van der Waals surface area contributed by atoms with E-state index in [1.807, 2.05) is 105 Å². The second kappa shape index (κ2) is 13.4. The average Bonchev–Trinajstić information content (AvgIpc) is 2.95. The zero-order valence-electron chi connectivity index (χ0n) is 22.2. The van der Waals surface area contributed by atoms with E-state index in [1.165, 1.54) is 0 Å². The Balaban J connectivity index is 1.56. The first kappa shape index (κ1) is 27.6. The Morgan fingerprint density at radius 1 is 0.769 bits per heavy atom. The quantitative estimate of drug-likeness (QED) is 0.344. The van der Waals surface area contributed by atoms with Gasteiger partial charge < -0.3 is 14.4 Å². The molecule has 3 aromatic rings. The number of amidine groups is 1. The molecule has 0 saturated carbocycles. The van der Waals surface area contributed by atoms with Crippen molar-refractivity contribution in [2.45, 2.75) is 39.5 Å². The maximum Gasteiger partial charge on any atom is 0.328 e. The molecule has 0 aromatic heterocycles. The van der Waals surface area contributed by atoms with Gasteiger partial charge in [0, 0.05) is 5.56 Å². The predicted octanol–water partition coefficient (Wildman–Crippen LogP) is 4.39. The number of carbonyl (C=O) groups excluding carboxylic acids is 3. The van der Waals surface area contributed by atoms with Gasteiger partial charge in [0.2, 0.25) is 0 Å². The largest absolute Gasteiger partial charge is 0.459 e. The van der Waals surface area contributed by atoms with Gasteiger partial charge in [-0.3, -0.25) is 14.4 Å². The van der Waals surface area contributed by atoms with Gasteiger partial charge in [0.05, 0.1) is 0 Å². The summed E-state index contributed by atoms with van der Waals surface area (Å²) in [5, 5.41) is 5.72. The van der Waals surface area contributed by atoms with Gasteiger partial charge in [0.25, 0.3) is 5.91 Å². The molecule has 4 rings (SSSR count). The van der Waals surface area contributed by atoms with E-state index in [4.69, 9.17) is 9.47 Å². The molecule has 8 heteroatoms. The zero-order chi connectivity index (χ0) is 27.6. The molecule has 0 aliphatic carbocycles. The summed E-state index contributed by atoms with van der Waals surface area (Å²) in [7, 11) is 0. The zero-order valence-corrected chi connectivity index (χ0v) is 22.2. The highest BCUT2D eigenvalue weighted by Gasteiger charge is 2.39. The lowest BCUT2D eigenvalue weighted by Gasteiger charge is -2.39. The van der Waals surface area contributed by atoms with E-state index < -0.39 is 18.0 Å². The van der Waals surface area contributed by atoms with E-state index >= 15 is 0 Å². The van der Waals surface area contributed by atoms with E-state index in [0.29, 0.717) is 12.3 Å². The molecule has 0 bridgehead atoms. The van der Waals surface area contributed by atoms with Crippen LogP contribution in [0, 0.1) is 5.92 Å². The van der Waals surface area contributed by atoms with Gasteiger partial charge in [-0.25, -0.2) is 5.01 Å². The van der Waals surface area contributed by atoms with Crippen LogP contribution in [0.3, 0.4) is 0 Å². The molecule has 1 atom stereocenters. The van der Waals surface area contributed by atoms with Crippen molar-refractivity contribution in [3.8, 4) is 0 Å². The molecule has 0 unspecified atom stereocenters. The summed E-state index contributed by atoms with van der Waals surface area (Å²) in [6.45, 7) is 3.76. The van der Waals surface area contributed by atoms with Crippen molar-refractivity contribution >= 4 is 23.7 Å². The van der Waals surface area contributed by atoms with Crippen LogP contribution in [0.15, 0.2) is 96.1 Å². The summed E-state index contributed by atoms with van der Waals surface area (Å²) in [6.07, 6.45) is 0.464. The smallest absolute Gasteiger partial charge is 0.328 e. The van der Waals surface area contributed by atoms with Crippen LogP contribution in [0.1, 0.15) is 37.0 Å². The number of nitrogens with zero attached hydrogens (tertiary/aromatic N) is 3. The third kappa shape index (κ3) is 7.77. The number of hydrogen-bond acceptors (Lipinski definition) is 7. The summed E-state index contributed by atoms with van der Waals surface area (Å²) >= 11 is 0. The van der Waals surface area contributed by atoms with E-state index in [-0.39, 0.29) is 38.1 Å². The first-order valence-electron chi connectivity index (χ1n) is 13.0. The minimum atomic E-state index is -0.705. The van der Waals surface area contributed by atoms with Crippen molar-refractivity contribution in [2.75, 3.05) is 13.1 Å². The molecule has 0 saturated heterocycles. The highest BCUT2D eigenvalue weighted by molar-refractivity contribution is 6.05. The van der Waals surface area contributed by atoms with E-state index in [1.54, 1.807) is 4.90 Å². The fourth-order valence-electron chi connectivity index (χ4n) is 4.29. The Bertz CT molecular complexity index is 1280.